The van der Waals surface area contributed by atoms with Gasteiger partial charge in [-0.2, -0.15) is 0 Å². The largest absolute Gasteiger partial charge is 0.484 e. The first-order chi connectivity index (χ1) is 8.81. The summed E-state index contributed by atoms with van der Waals surface area (Å²) in [4.78, 5) is 0. The second-order valence-corrected chi connectivity index (χ2v) is 3.83. The van der Waals surface area contributed by atoms with E-state index >= 15 is 0 Å². The van der Waals surface area contributed by atoms with E-state index < -0.39 is 0 Å². The third-order valence-electron chi connectivity index (χ3n) is 2.57. The Hall–Kier alpha value is -2.56. The van der Waals surface area contributed by atoms with Crippen molar-refractivity contribution in [3.05, 3.63) is 48.4 Å². The lowest BCUT2D eigenvalue weighted by Crippen LogP contribution is -1.95. The number of benzene rings is 2. The van der Waals surface area contributed by atoms with E-state index in [0.717, 1.165) is 11.1 Å². The number of nitrogens with zero attached hydrogens (tertiary/aromatic N) is 2. The van der Waals surface area contributed by atoms with Gasteiger partial charge in [-0.25, -0.2) is 0 Å². The Labute approximate surface area is 103 Å². The average Bonchev–Trinajstić information content (AvgIpc) is 2.82. The Morgan fingerprint density at radius 1 is 1.06 bits per heavy atom. The third-order valence-corrected chi connectivity index (χ3v) is 2.57. The molecular weight excluding hydrogens is 230 g/mol. The normalized spacial score (nSPS) is 10.7. The zero-order valence-corrected chi connectivity index (χ0v) is 9.54. The van der Waals surface area contributed by atoms with Gasteiger partial charge in [0.15, 0.2) is 6.61 Å². The first-order valence-electron chi connectivity index (χ1n) is 5.51. The maximum atomic E-state index is 5.56. The summed E-state index contributed by atoms with van der Waals surface area (Å²) in [6.45, 7) is 0.211. The number of aromatic nitrogens is 2. The van der Waals surface area contributed by atoms with Gasteiger partial charge in [0.25, 0.3) is 5.89 Å². The van der Waals surface area contributed by atoms with Gasteiger partial charge in [0.2, 0.25) is 0 Å². The highest BCUT2D eigenvalue weighted by Crippen LogP contribution is 2.21. The van der Waals surface area contributed by atoms with E-state index in [2.05, 4.69) is 16.3 Å². The van der Waals surface area contributed by atoms with Crippen molar-refractivity contribution in [1.82, 2.24) is 10.2 Å². The van der Waals surface area contributed by atoms with Crippen LogP contribution in [0.2, 0.25) is 0 Å². The number of fused-ring (bicyclic) bond motifs is 1. The van der Waals surface area contributed by atoms with Crippen LogP contribution >= 0.6 is 0 Å². The summed E-state index contributed by atoms with van der Waals surface area (Å²) in [5.74, 6) is 1.12. The fourth-order valence-corrected chi connectivity index (χ4v) is 1.73. The van der Waals surface area contributed by atoms with Crippen molar-refractivity contribution in [3.63, 3.8) is 0 Å². The topological polar surface area (TPSA) is 74.2 Å². The molecule has 18 heavy (non-hydrogen) atoms. The van der Waals surface area contributed by atoms with Crippen LogP contribution in [0.5, 0.6) is 5.75 Å². The molecule has 0 aliphatic carbocycles. The molecule has 0 aliphatic rings. The van der Waals surface area contributed by atoms with Crippen LogP contribution in [0.15, 0.2) is 46.9 Å². The summed E-state index contributed by atoms with van der Waals surface area (Å²) >= 11 is 0. The lowest BCUT2D eigenvalue weighted by molar-refractivity contribution is 0.265. The van der Waals surface area contributed by atoms with E-state index in [1.54, 1.807) is 0 Å². The smallest absolute Gasteiger partial charge is 0.312 e. The second-order valence-electron chi connectivity index (χ2n) is 3.83. The fourth-order valence-electron chi connectivity index (χ4n) is 1.73. The molecule has 1 heterocycles. The van der Waals surface area contributed by atoms with Crippen molar-refractivity contribution in [3.8, 4) is 5.75 Å². The van der Waals surface area contributed by atoms with Gasteiger partial charge >= 0.3 is 6.01 Å². The second kappa shape index (κ2) is 4.37. The number of rotatable bonds is 3. The van der Waals surface area contributed by atoms with Crippen LogP contribution in [-0.4, -0.2) is 10.2 Å². The van der Waals surface area contributed by atoms with Gasteiger partial charge in [0.1, 0.15) is 5.75 Å². The molecule has 0 spiro atoms. The van der Waals surface area contributed by atoms with Crippen LogP contribution < -0.4 is 10.5 Å². The van der Waals surface area contributed by atoms with Crippen LogP contribution in [0.3, 0.4) is 0 Å². The zero-order valence-electron chi connectivity index (χ0n) is 9.54. The molecule has 0 unspecified atom stereocenters. The summed E-state index contributed by atoms with van der Waals surface area (Å²) in [6.07, 6.45) is 0. The van der Waals surface area contributed by atoms with Crippen molar-refractivity contribution < 1.29 is 9.15 Å². The van der Waals surface area contributed by atoms with Crippen molar-refractivity contribution in [1.29, 1.82) is 0 Å². The number of anilines is 1. The van der Waals surface area contributed by atoms with E-state index in [4.69, 9.17) is 14.9 Å². The SMILES string of the molecule is Nc1nnc(COc2ccc3ccccc3c2)o1. The molecule has 3 aromatic rings. The molecule has 0 saturated heterocycles. The Kier molecular flexibility index (Phi) is 2.57. The van der Waals surface area contributed by atoms with Gasteiger partial charge in [-0.05, 0) is 22.9 Å². The highest BCUT2D eigenvalue weighted by Gasteiger charge is 2.04. The van der Waals surface area contributed by atoms with Gasteiger partial charge in [0.05, 0.1) is 0 Å². The molecule has 3 rings (SSSR count). The van der Waals surface area contributed by atoms with Crippen molar-refractivity contribution in [2.45, 2.75) is 6.61 Å². The average molecular weight is 241 g/mol. The molecule has 2 aromatic carbocycles. The molecule has 0 bridgehead atoms. The molecule has 5 heteroatoms. The Bertz CT molecular complexity index is 679. The highest BCUT2D eigenvalue weighted by atomic mass is 16.5. The first kappa shape index (κ1) is 10.6. The lowest BCUT2D eigenvalue weighted by Gasteiger charge is -2.04. The molecule has 0 saturated carbocycles. The minimum atomic E-state index is 0.0483. The summed E-state index contributed by atoms with van der Waals surface area (Å²) in [5.41, 5.74) is 5.33. The quantitative estimate of drug-likeness (QED) is 0.762. The molecule has 2 N–H and O–H groups in total. The third kappa shape index (κ3) is 2.10. The van der Waals surface area contributed by atoms with Gasteiger partial charge < -0.3 is 14.9 Å². The summed E-state index contributed by atoms with van der Waals surface area (Å²) in [5, 5.41) is 9.58. The monoisotopic (exact) mass is 241 g/mol. The fraction of sp³-hybridized carbons (Fsp3) is 0.0769. The van der Waals surface area contributed by atoms with Gasteiger partial charge in [-0.15, -0.1) is 5.10 Å². The number of nitrogen functional groups attached to an aromatic ring is 1. The summed E-state index contributed by atoms with van der Waals surface area (Å²) in [7, 11) is 0. The first-order valence-corrected chi connectivity index (χ1v) is 5.51. The Morgan fingerprint density at radius 3 is 2.67 bits per heavy atom. The minimum absolute atomic E-state index is 0.0483. The molecule has 5 nitrogen and oxygen atoms in total. The standard InChI is InChI=1S/C13H11N3O2/c14-13-16-15-12(18-13)8-17-11-6-5-9-3-1-2-4-10(9)7-11/h1-7H,8H2,(H2,14,16). The summed E-state index contributed by atoms with van der Waals surface area (Å²) < 4.78 is 10.6. The molecule has 0 amide bonds. The zero-order chi connectivity index (χ0) is 12.4. The van der Waals surface area contributed by atoms with Crippen molar-refractivity contribution in [2.75, 3.05) is 5.73 Å². The van der Waals surface area contributed by atoms with Gasteiger partial charge in [-0.3, -0.25) is 0 Å². The van der Waals surface area contributed by atoms with Crippen LogP contribution in [0, 0.1) is 0 Å². The van der Waals surface area contributed by atoms with Crippen LogP contribution in [0.4, 0.5) is 6.01 Å². The van der Waals surface area contributed by atoms with E-state index in [1.165, 1.54) is 5.39 Å². The minimum Gasteiger partial charge on any atom is -0.484 e. The van der Waals surface area contributed by atoms with Crippen LogP contribution in [0.1, 0.15) is 5.89 Å². The predicted octanol–water partition coefficient (Wildman–Crippen LogP) is 2.38. The molecule has 90 valence electrons. The number of hydrogen-bond acceptors (Lipinski definition) is 5. The van der Waals surface area contributed by atoms with Crippen LogP contribution in [-0.2, 0) is 6.61 Å². The maximum Gasteiger partial charge on any atom is 0.312 e. The molecule has 0 radical (unpaired) electrons. The van der Waals surface area contributed by atoms with Crippen molar-refractivity contribution in [2.24, 2.45) is 0 Å². The number of nitrogens with two attached hydrogens (primary N) is 1. The van der Waals surface area contributed by atoms with E-state index in [9.17, 15) is 0 Å². The number of hydrogen-bond donors (Lipinski definition) is 1. The lowest BCUT2D eigenvalue weighted by atomic mass is 10.1. The Morgan fingerprint density at radius 2 is 1.89 bits per heavy atom. The molecule has 0 aliphatic heterocycles. The molecule has 0 fully saturated rings. The van der Waals surface area contributed by atoms with Crippen molar-refractivity contribution >= 4 is 16.8 Å². The molecule has 0 atom stereocenters. The van der Waals surface area contributed by atoms with E-state index in [-0.39, 0.29) is 12.6 Å². The van der Waals surface area contributed by atoms with Crippen LogP contribution in [0.25, 0.3) is 10.8 Å². The highest BCUT2D eigenvalue weighted by molar-refractivity contribution is 5.83. The van der Waals surface area contributed by atoms with Gasteiger partial charge in [-0.1, -0.05) is 35.4 Å². The predicted molar refractivity (Wildman–Crippen MR) is 67.0 cm³/mol. The molecular formula is C13H11N3O2. The van der Waals surface area contributed by atoms with E-state index in [1.807, 2.05) is 36.4 Å². The number of ether oxygens (including phenoxy) is 1. The maximum absolute atomic E-state index is 5.56. The van der Waals surface area contributed by atoms with Gasteiger partial charge in [0, 0.05) is 0 Å². The molecule has 1 aromatic heterocycles. The Balaban J connectivity index is 1.78. The van der Waals surface area contributed by atoms with E-state index in [0.29, 0.717) is 5.89 Å². The summed E-state index contributed by atoms with van der Waals surface area (Å²) in [6, 6.07) is 14.0.